The molecule has 0 bridgehead atoms. The minimum Gasteiger partial charge on any atom is -0.396 e. The van der Waals surface area contributed by atoms with Crippen LogP contribution in [0.2, 0.25) is 10.0 Å². The molecule has 1 atom stereocenters. The topological polar surface area (TPSA) is 64.4 Å². The van der Waals surface area contributed by atoms with Crippen molar-refractivity contribution in [2.24, 2.45) is 0 Å². The van der Waals surface area contributed by atoms with E-state index in [4.69, 9.17) is 33.7 Å². The molecule has 1 saturated heterocycles. The van der Waals surface area contributed by atoms with Crippen molar-refractivity contribution >= 4 is 34.8 Å². The largest absolute Gasteiger partial charge is 0.396 e. The number of benzene rings is 1. The average molecular weight is 289 g/mol. The first kappa shape index (κ1) is 13.5. The number of carbonyl (C=O) groups is 1. The van der Waals surface area contributed by atoms with E-state index in [0.29, 0.717) is 12.1 Å². The Hall–Kier alpha value is -0.970. The van der Waals surface area contributed by atoms with Crippen molar-refractivity contribution in [3.05, 3.63) is 27.7 Å². The molecular formula is C12H14Cl2N2O2. The zero-order chi connectivity index (χ0) is 13.1. The molecule has 18 heavy (non-hydrogen) atoms. The fraction of sp³-hybridized carbons (Fsp3) is 0.417. The zero-order valence-corrected chi connectivity index (χ0v) is 11.2. The van der Waals surface area contributed by atoms with Gasteiger partial charge in [-0.25, -0.2) is 0 Å². The predicted octanol–water partition coefficient (Wildman–Crippen LogP) is 2.48. The number of nitrogen functional groups attached to an aromatic ring is 1. The molecule has 4 nitrogen and oxygen atoms in total. The highest BCUT2D eigenvalue weighted by atomic mass is 35.5. The number of halogens is 2. The highest BCUT2D eigenvalue weighted by Gasteiger charge is 2.17. The normalized spacial score (nSPS) is 18.9. The molecule has 2 rings (SSSR count). The number of nitrogens with two attached hydrogens (primary N) is 1. The maximum Gasteiger partial charge on any atom is 0.251 e. The Morgan fingerprint density at radius 3 is 2.67 bits per heavy atom. The van der Waals surface area contributed by atoms with Crippen molar-refractivity contribution in [3.63, 3.8) is 0 Å². The molecule has 1 aromatic rings. The Labute approximate surface area is 115 Å². The molecule has 98 valence electrons. The van der Waals surface area contributed by atoms with Crippen LogP contribution >= 0.6 is 23.2 Å². The van der Waals surface area contributed by atoms with E-state index >= 15 is 0 Å². The molecule has 0 spiro atoms. The van der Waals surface area contributed by atoms with Crippen LogP contribution < -0.4 is 11.1 Å². The standard InChI is InChI=1S/C12H14Cl2N2O2/c13-9-4-7(5-10(14)11(9)15)12(17)16-6-8-2-1-3-18-8/h4-5,8H,1-3,6,15H2,(H,16,17). The van der Waals surface area contributed by atoms with Crippen LogP contribution in [-0.2, 0) is 4.74 Å². The monoisotopic (exact) mass is 288 g/mol. The summed E-state index contributed by atoms with van der Waals surface area (Å²) < 4.78 is 5.42. The molecule has 0 saturated carbocycles. The maximum absolute atomic E-state index is 11.9. The second kappa shape index (κ2) is 5.78. The number of anilines is 1. The van der Waals surface area contributed by atoms with E-state index in [2.05, 4.69) is 5.32 Å². The van der Waals surface area contributed by atoms with E-state index in [0.717, 1.165) is 19.4 Å². The van der Waals surface area contributed by atoms with Gasteiger partial charge in [0, 0.05) is 18.7 Å². The minimum absolute atomic E-state index is 0.105. The summed E-state index contributed by atoms with van der Waals surface area (Å²) in [7, 11) is 0. The van der Waals surface area contributed by atoms with Gasteiger partial charge in [-0.15, -0.1) is 0 Å². The molecular weight excluding hydrogens is 275 g/mol. The third kappa shape index (κ3) is 3.07. The van der Waals surface area contributed by atoms with Crippen molar-refractivity contribution in [1.29, 1.82) is 0 Å². The average Bonchev–Trinajstić information content (AvgIpc) is 2.85. The van der Waals surface area contributed by atoms with Crippen molar-refractivity contribution in [2.75, 3.05) is 18.9 Å². The molecule has 1 aliphatic heterocycles. The molecule has 0 radical (unpaired) electrons. The second-order valence-electron chi connectivity index (χ2n) is 4.20. The van der Waals surface area contributed by atoms with Crippen molar-refractivity contribution < 1.29 is 9.53 Å². The lowest BCUT2D eigenvalue weighted by Gasteiger charge is -2.11. The Balaban J connectivity index is 2.00. The fourth-order valence-electron chi connectivity index (χ4n) is 1.83. The molecule has 1 heterocycles. The summed E-state index contributed by atoms with van der Waals surface area (Å²) in [4.78, 5) is 11.9. The number of ether oxygens (including phenoxy) is 1. The first-order valence-corrected chi connectivity index (χ1v) is 6.48. The van der Waals surface area contributed by atoms with Crippen LogP contribution in [0.4, 0.5) is 5.69 Å². The van der Waals surface area contributed by atoms with Gasteiger partial charge in [-0.1, -0.05) is 23.2 Å². The molecule has 1 unspecified atom stereocenters. The van der Waals surface area contributed by atoms with Gasteiger partial charge in [0.05, 0.1) is 21.8 Å². The lowest BCUT2D eigenvalue weighted by Crippen LogP contribution is -2.31. The molecule has 0 aliphatic carbocycles. The van der Waals surface area contributed by atoms with E-state index in [9.17, 15) is 4.79 Å². The summed E-state index contributed by atoms with van der Waals surface area (Å²) >= 11 is 11.8. The zero-order valence-electron chi connectivity index (χ0n) is 9.71. The van der Waals surface area contributed by atoms with Crippen LogP contribution in [0, 0.1) is 0 Å². The Morgan fingerprint density at radius 2 is 2.11 bits per heavy atom. The SMILES string of the molecule is Nc1c(Cl)cc(C(=O)NCC2CCCO2)cc1Cl. The third-order valence-corrected chi connectivity index (χ3v) is 3.48. The van der Waals surface area contributed by atoms with Gasteiger partial charge < -0.3 is 15.8 Å². The van der Waals surface area contributed by atoms with Gasteiger partial charge in [0.1, 0.15) is 0 Å². The molecule has 1 aliphatic rings. The van der Waals surface area contributed by atoms with Crippen molar-refractivity contribution in [2.45, 2.75) is 18.9 Å². The van der Waals surface area contributed by atoms with E-state index in [1.54, 1.807) is 0 Å². The van der Waals surface area contributed by atoms with Gasteiger partial charge in [0.15, 0.2) is 0 Å². The van der Waals surface area contributed by atoms with Crippen LogP contribution in [0.5, 0.6) is 0 Å². The molecule has 0 aromatic heterocycles. The highest BCUT2D eigenvalue weighted by Crippen LogP contribution is 2.28. The van der Waals surface area contributed by atoms with Crippen molar-refractivity contribution in [3.8, 4) is 0 Å². The first-order valence-electron chi connectivity index (χ1n) is 5.72. The van der Waals surface area contributed by atoms with Crippen LogP contribution in [0.3, 0.4) is 0 Å². The molecule has 1 aromatic carbocycles. The van der Waals surface area contributed by atoms with Gasteiger partial charge in [0.25, 0.3) is 5.91 Å². The highest BCUT2D eigenvalue weighted by molar-refractivity contribution is 6.39. The summed E-state index contributed by atoms with van der Waals surface area (Å²) in [6, 6.07) is 3.02. The number of hydrogen-bond acceptors (Lipinski definition) is 3. The van der Waals surface area contributed by atoms with Crippen LogP contribution in [0.1, 0.15) is 23.2 Å². The Morgan fingerprint density at radius 1 is 1.44 bits per heavy atom. The maximum atomic E-state index is 11.9. The number of carbonyl (C=O) groups excluding carboxylic acids is 1. The lowest BCUT2D eigenvalue weighted by atomic mass is 10.2. The summed E-state index contributed by atoms with van der Waals surface area (Å²) in [6.07, 6.45) is 2.12. The summed E-state index contributed by atoms with van der Waals surface area (Å²) in [5.74, 6) is -0.227. The van der Waals surface area contributed by atoms with Crippen LogP contribution in [-0.4, -0.2) is 25.2 Å². The smallest absolute Gasteiger partial charge is 0.251 e. The Bertz CT molecular complexity index is 436. The molecule has 6 heteroatoms. The van der Waals surface area contributed by atoms with E-state index in [1.165, 1.54) is 12.1 Å². The summed E-state index contributed by atoms with van der Waals surface area (Å²) in [5, 5.41) is 3.36. The lowest BCUT2D eigenvalue weighted by molar-refractivity contribution is 0.0858. The second-order valence-corrected chi connectivity index (χ2v) is 5.01. The summed E-state index contributed by atoms with van der Waals surface area (Å²) in [5.41, 5.74) is 6.30. The van der Waals surface area contributed by atoms with E-state index in [1.807, 2.05) is 0 Å². The van der Waals surface area contributed by atoms with E-state index in [-0.39, 0.29) is 27.7 Å². The van der Waals surface area contributed by atoms with E-state index < -0.39 is 0 Å². The van der Waals surface area contributed by atoms with Gasteiger partial charge in [-0.05, 0) is 25.0 Å². The van der Waals surface area contributed by atoms with Crippen LogP contribution in [0.15, 0.2) is 12.1 Å². The first-order chi connectivity index (χ1) is 8.58. The van der Waals surface area contributed by atoms with Crippen LogP contribution in [0.25, 0.3) is 0 Å². The molecule has 1 amide bonds. The minimum atomic E-state index is -0.227. The van der Waals surface area contributed by atoms with Gasteiger partial charge in [0.2, 0.25) is 0 Å². The quantitative estimate of drug-likeness (QED) is 0.840. The van der Waals surface area contributed by atoms with Gasteiger partial charge in [-0.2, -0.15) is 0 Å². The fourth-order valence-corrected chi connectivity index (χ4v) is 2.32. The Kier molecular flexibility index (Phi) is 4.32. The third-order valence-electron chi connectivity index (χ3n) is 2.86. The number of rotatable bonds is 3. The molecule has 1 fully saturated rings. The summed E-state index contributed by atoms with van der Waals surface area (Å²) in [6.45, 7) is 1.26. The van der Waals surface area contributed by atoms with Crippen molar-refractivity contribution in [1.82, 2.24) is 5.32 Å². The number of hydrogen-bond donors (Lipinski definition) is 2. The number of amides is 1. The van der Waals surface area contributed by atoms with Gasteiger partial charge >= 0.3 is 0 Å². The molecule has 3 N–H and O–H groups in total. The number of nitrogens with one attached hydrogen (secondary N) is 1. The predicted molar refractivity (Wildman–Crippen MR) is 72.2 cm³/mol. The van der Waals surface area contributed by atoms with Gasteiger partial charge in [-0.3, -0.25) is 4.79 Å².